The molecule has 1 aliphatic heterocycles. The van der Waals surface area contributed by atoms with Gasteiger partial charge >= 0.3 is 0 Å². The van der Waals surface area contributed by atoms with E-state index in [1.54, 1.807) is 0 Å². The molecule has 2 aliphatic rings. The third-order valence-electron chi connectivity index (χ3n) is 3.84. The molecule has 2 unspecified atom stereocenters. The van der Waals surface area contributed by atoms with Crippen LogP contribution in [0.4, 0.5) is 0 Å². The van der Waals surface area contributed by atoms with E-state index in [2.05, 4.69) is 14.9 Å². The van der Waals surface area contributed by atoms with Crippen molar-refractivity contribution >= 4 is 0 Å². The van der Waals surface area contributed by atoms with Crippen molar-refractivity contribution < 1.29 is 4.74 Å². The van der Waals surface area contributed by atoms with Gasteiger partial charge in [-0.3, -0.25) is 0 Å². The van der Waals surface area contributed by atoms with Crippen molar-refractivity contribution in [1.82, 2.24) is 14.9 Å². The summed E-state index contributed by atoms with van der Waals surface area (Å²) in [5, 5.41) is 3.63. The van der Waals surface area contributed by atoms with Gasteiger partial charge in [-0.25, -0.2) is 4.98 Å². The summed E-state index contributed by atoms with van der Waals surface area (Å²) in [6.07, 6.45) is 9.18. The lowest BCUT2D eigenvalue weighted by atomic mass is 9.92. The molecule has 1 aromatic rings. The number of nitrogens with one attached hydrogen (secondary N) is 1. The molecule has 2 heterocycles. The smallest absolute Gasteiger partial charge is 0.103 e. The molecule has 3 rings (SSSR count). The van der Waals surface area contributed by atoms with Crippen molar-refractivity contribution in [2.45, 2.75) is 37.8 Å². The average molecular weight is 235 g/mol. The minimum absolute atomic E-state index is 0.225. The molecule has 0 spiro atoms. The van der Waals surface area contributed by atoms with Crippen LogP contribution in [0.3, 0.4) is 0 Å². The molecule has 0 aromatic carbocycles. The molecule has 0 bridgehead atoms. The fraction of sp³-hybridized carbons (Fsp3) is 0.769. The van der Waals surface area contributed by atoms with Crippen LogP contribution in [0.25, 0.3) is 0 Å². The predicted molar refractivity (Wildman–Crippen MR) is 65.6 cm³/mol. The van der Waals surface area contributed by atoms with Crippen LogP contribution in [-0.4, -0.2) is 28.7 Å². The number of aryl methyl sites for hydroxylation is 1. The third kappa shape index (κ3) is 2.53. The Morgan fingerprint density at radius 2 is 2.35 bits per heavy atom. The lowest BCUT2D eigenvalue weighted by molar-refractivity contribution is -0.0318. The van der Waals surface area contributed by atoms with Crippen LogP contribution in [-0.2, 0) is 11.8 Å². The molecular weight excluding hydrogens is 214 g/mol. The van der Waals surface area contributed by atoms with Gasteiger partial charge in [0, 0.05) is 32.2 Å². The third-order valence-corrected chi connectivity index (χ3v) is 3.84. The van der Waals surface area contributed by atoms with E-state index in [1.165, 1.54) is 31.4 Å². The summed E-state index contributed by atoms with van der Waals surface area (Å²) in [4.78, 5) is 4.20. The van der Waals surface area contributed by atoms with Gasteiger partial charge in [0.25, 0.3) is 0 Å². The lowest BCUT2D eigenvalue weighted by Crippen LogP contribution is -2.33. The Morgan fingerprint density at radius 3 is 3.06 bits per heavy atom. The number of aromatic nitrogens is 2. The first-order valence-corrected chi connectivity index (χ1v) is 6.66. The van der Waals surface area contributed by atoms with E-state index in [4.69, 9.17) is 4.74 Å². The minimum Gasteiger partial charge on any atom is -0.372 e. The van der Waals surface area contributed by atoms with Gasteiger partial charge in [0.15, 0.2) is 0 Å². The van der Waals surface area contributed by atoms with Crippen molar-refractivity contribution in [3.05, 3.63) is 18.2 Å². The second-order valence-corrected chi connectivity index (χ2v) is 5.31. The van der Waals surface area contributed by atoms with Crippen LogP contribution < -0.4 is 5.32 Å². The van der Waals surface area contributed by atoms with Crippen molar-refractivity contribution in [1.29, 1.82) is 0 Å². The molecular formula is C13H21N3O. The van der Waals surface area contributed by atoms with Crippen LogP contribution in [0.5, 0.6) is 0 Å². The molecule has 2 atom stereocenters. The Hall–Kier alpha value is -0.870. The SMILES string of the molecule is Cn1cncc1C1OCCCC1CNC1CC1. The van der Waals surface area contributed by atoms with Gasteiger partial charge in [0.2, 0.25) is 0 Å². The second kappa shape index (κ2) is 4.78. The average Bonchev–Trinajstić information content (AvgIpc) is 3.09. The summed E-state index contributed by atoms with van der Waals surface area (Å²) < 4.78 is 8.05. The van der Waals surface area contributed by atoms with Gasteiger partial charge in [-0.2, -0.15) is 0 Å². The van der Waals surface area contributed by atoms with E-state index in [0.717, 1.165) is 19.2 Å². The van der Waals surface area contributed by atoms with Crippen LogP contribution in [0, 0.1) is 5.92 Å². The van der Waals surface area contributed by atoms with E-state index in [1.807, 2.05) is 19.6 Å². The maximum atomic E-state index is 5.97. The standard InChI is InChI=1S/C13H21N3O/c1-16-9-14-8-12(16)13-10(3-2-6-17-13)7-15-11-4-5-11/h8-11,13,15H,2-7H2,1H3. The number of hydrogen-bond donors (Lipinski definition) is 1. The largest absolute Gasteiger partial charge is 0.372 e. The molecule has 1 aromatic heterocycles. The van der Waals surface area contributed by atoms with Crippen molar-refractivity contribution in [3.63, 3.8) is 0 Å². The van der Waals surface area contributed by atoms with Crippen LogP contribution in [0.1, 0.15) is 37.5 Å². The predicted octanol–water partition coefficient (Wildman–Crippen LogP) is 1.64. The van der Waals surface area contributed by atoms with Gasteiger partial charge in [-0.15, -0.1) is 0 Å². The molecule has 2 fully saturated rings. The van der Waals surface area contributed by atoms with Gasteiger partial charge < -0.3 is 14.6 Å². The maximum Gasteiger partial charge on any atom is 0.103 e. The topological polar surface area (TPSA) is 39.1 Å². The summed E-state index contributed by atoms with van der Waals surface area (Å²) in [5.74, 6) is 0.597. The van der Waals surface area contributed by atoms with Crippen molar-refractivity contribution in [3.8, 4) is 0 Å². The molecule has 94 valence electrons. The van der Waals surface area contributed by atoms with Gasteiger partial charge in [0.05, 0.1) is 18.2 Å². The van der Waals surface area contributed by atoms with E-state index < -0.39 is 0 Å². The molecule has 0 radical (unpaired) electrons. The molecule has 17 heavy (non-hydrogen) atoms. The summed E-state index contributed by atoms with van der Waals surface area (Å²) in [6.45, 7) is 1.97. The molecule has 1 saturated carbocycles. The first kappa shape index (κ1) is 11.2. The second-order valence-electron chi connectivity index (χ2n) is 5.31. The fourth-order valence-electron chi connectivity index (χ4n) is 2.63. The number of rotatable bonds is 4. The zero-order valence-electron chi connectivity index (χ0n) is 10.4. The number of ether oxygens (including phenoxy) is 1. The van der Waals surface area contributed by atoms with Gasteiger partial charge in [-0.05, 0) is 25.7 Å². The quantitative estimate of drug-likeness (QED) is 0.862. The first-order valence-electron chi connectivity index (χ1n) is 6.66. The highest BCUT2D eigenvalue weighted by atomic mass is 16.5. The molecule has 4 heteroatoms. The molecule has 1 saturated heterocycles. The summed E-state index contributed by atoms with van der Waals surface area (Å²) in [6, 6.07) is 0.782. The van der Waals surface area contributed by atoms with E-state index >= 15 is 0 Å². The monoisotopic (exact) mass is 235 g/mol. The summed E-state index contributed by atoms with van der Waals surface area (Å²) in [5.41, 5.74) is 1.22. The number of nitrogens with zero attached hydrogens (tertiary/aromatic N) is 2. The number of hydrogen-bond acceptors (Lipinski definition) is 3. The molecule has 1 aliphatic carbocycles. The maximum absolute atomic E-state index is 5.97. The molecule has 1 N–H and O–H groups in total. The Morgan fingerprint density at radius 1 is 1.47 bits per heavy atom. The van der Waals surface area contributed by atoms with Crippen LogP contribution >= 0.6 is 0 Å². The van der Waals surface area contributed by atoms with E-state index in [-0.39, 0.29) is 6.10 Å². The lowest BCUT2D eigenvalue weighted by Gasteiger charge is -2.32. The summed E-state index contributed by atoms with van der Waals surface area (Å²) >= 11 is 0. The van der Waals surface area contributed by atoms with E-state index in [9.17, 15) is 0 Å². The van der Waals surface area contributed by atoms with Crippen LogP contribution in [0.15, 0.2) is 12.5 Å². The Balaban J connectivity index is 1.68. The van der Waals surface area contributed by atoms with Crippen molar-refractivity contribution in [2.24, 2.45) is 13.0 Å². The van der Waals surface area contributed by atoms with E-state index in [0.29, 0.717) is 5.92 Å². The highest BCUT2D eigenvalue weighted by Gasteiger charge is 2.31. The van der Waals surface area contributed by atoms with Crippen molar-refractivity contribution in [2.75, 3.05) is 13.2 Å². The molecule has 4 nitrogen and oxygen atoms in total. The Bertz CT molecular complexity index is 372. The Kier molecular flexibility index (Phi) is 3.16. The zero-order valence-corrected chi connectivity index (χ0v) is 10.4. The van der Waals surface area contributed by atoms with Crippen LogP contribution in [0.2, 0.25) is 0 Å². The zero-order chi connectivity index (χ0) is 11.7. The Labute approximate surface area is 102 Å². The first-order chi connectivity index (χ1) is 8.34. The fourth-order valence-corrected chi connectivity index (χ4v) is 2.63. The molecule has 0 amide bonds. The highest BCUT2D eigenvalue weighted by Crippen LogP contribution is 2.33. The minimum atomic E-state index is 0.225. The number of imidazole rings is 1. The van der Waals surface area contributed by atoms with Gasteiger partial charge in [-0.1, -0.05) is 0 Å². The highest BCUT2D eigenvalue weighted by molar-refractivity contribution is 5.05. The summed E-state index contributed by atoms with van der Waals surface area (Å²) in [7, 11) is 2.05. The normalized spacial score (nSPS) is 29.5. The van der Waals surface area contributed by atoms with Gasteiger partial charge in [0.1, 0.15) is 6.10 Å².